The zero-order valence-electron chi connectivity index (χ0n) is 8.39. The number of hydrogen-bond acceptors (Lipinski definition) is 2. The zero-order chi connectivity index (χ0) is 9.61. The standard InChI is InChI=1S/C10H18O2/c1-5-7-8-10(3,4)9(11)12-6-2/h7-8H,5-6H2,1-4H3/b8-7-. The Kier molecular flexibility index (Phi) is 4.64. The maximum atomic E-state index is 11.3. The van der Waals surface area contributed by atoms with Crippen LogP contribution in [0.4, 0.5) is 0 Å². The molecule has 12 heavy (non-hydrogen) atoms. The van der Waals surface area contributed by atoms with Gasteiger partial charge in [-0.2, -0.15) is 0 Å². The van der Waals surface area contributed by atoms with Crippen molar-refractivity contribution < 1.29 is 9.53 Å². The topological polar surface area (TPSA) is 26.3 Å². The smallest absolute Gasteiger partial charge is 0.315 e. The molecule has 0 rings (SSSR count). The van der Waals surface area contributed by atoms with Crippen molar-refractivity contribution in [3.05, 3.63) is 12.2 Å². The third-order valence-corrected chi connectivity index (χ3v) is 1.57. The van der Waals surface area contributed by atoms with E-state index in [-0.39, 0.29) is 5.97 Å². The summed E-state index contributed by atoms with van der Waals surface area (Å²) in [6.45, 7) is 8.02. The molecule has 70 valence electrons. The Hall–Kier alpha value is -0.790. The molecule has 0 atom stereocenters. The van der Waals surface area contributed by atoms with Gasteiger partial charge < -0.3 is 4.74 Å². The van der Waals surface area contributed by atoms with Gasteiger partial charge in [0.1, 0.15) is 0 Å². The van der Waals surface area contributed by atoms with Crippen LogP contribution in [0.2, 0.25) is 0 Å². The summed E-state index contributed by atoms with van der Waals surface area (Å²) in [6.07, 6.45) is 4.82. The highest BCUT2D eigenvalue weighted by molar-refractivity contribution is 5.78. The first-order valence-electron chi connectivity index (χ1n) is 4.39. The average molecular weight is 170 g/mol. The van der Waals surface area contributed by atoms with Gasteiger partial charge in [-0.1, -0.05) is 19.1 Å². The molecule has 0 aromatic heterocycles. The van der Waals surface area contributed by atoms with Crippen molar-refractivity contribution in [1.82, 2.24) is 0 Å². The molecule has 2 heteroatoms. The third kappa shape index (κ3) is 3.56. The quantitative estimate of drug-likeness (QED) is 0.478. The van der Waals surface area contributed by atoms with E-state index in [4.69, 9.17) is 4.74 Å². The summed E-state index contributed by atoms with van der Waals surface area (Å²) in [5, 5.41) is 0. The number of carbonyl (C=O) groups excluding carboxylic acids is 1. The van der Waals surface area contributed by atoms with Gasteiger partial charge in [0.2, 0.25) is 0 Å². The Morgan fingerprint density at radius 2 is 2.00 bits per heavy atom. The summed E-state index contributed by atoms with van der Waals surface area (Å²) in [7, 11) is 0. The monoisotopic (exact) mass is 170 g/mol. The van der Waals surface area contributed by atoms with Crippen LogP contribution in [0.5, 0.6) is 0 Å². The molecule has 0 aliphatic carbocycles. The number of hydrogen-bond donors (Lipinski definition) is 0. The van der Waals surface area contributed by atoms with Gasteiger partial charge in [-0.05, 0) is 27.2 Å². The van der Waals surface area contributed by atoms with Gasteiger partial charge in [-0.3, -0.25) is 4.79 Å². The highest BCUT2D eigenvalue weighted by Crippen LogP contribution is 2.19. The van der Waals surface area contributed by atoms with Gasteiger partial charge in [0.15, 0.2) is 0 Å². The fourth-order valence-electron chi connectivity index (χ4n) is 0.798. The SMILES string of the molecule is CC/C=C\C(C)(C)C(=O)OCC. The molecular formula is C10H18O2. The molecule has 0 spiro atoms. The Morgan fingerprint density at radius 3 is 2.42 bits per heavy atom. The fraction of sp³-hybridized carbons (Fsp3) is 0.700. The van der Waals surface area contributed by atoms with Crippen molar-refractivity contribution in [2.75, 3.05) is 6.61 Å². The second-order valence-corrected chi connectivity index (χ2v) is 3.25. The molecule has 0 N–H and O–H groups in total. The Bertz CT molecular complexity index is 169. The van der Waals surface area contributed by atoms with Crippen LogP contribution in [0.3, 0.4) is 0 Å². The summed E-state index contributed by atoms with van der Waals surface area (Å²) < 4.78 is 4.91. The van der Waals surface area contributed by atoms with Gasteiger partial charge in [-0.25, -0.2) is 0 Å². The summed E-state index contributed by atoms with van der Waals surface area (Å²) >= 11 is 0. The first-order chi connectivity index (χ1) is 5.54. The molecule has 0 aliphatic rings. The first kappa shape index (κ1) is 11.2. The third-order valence-electron chi connectivity index (χ3n) is 1.57. The Balaban J connectivity index is 4.18. The molecule has 0 saturated carbocycles. The van der Waals surface area contributed by atoms with Crippen molar-refractivity contribution in [2.24, 2.45) is 5.41 Å². The van der Waals surface area contributed by atoms with E-state index in [0.717, 1.165) is 6.42 Å². The van der Waals surface area contributed by atoms with E-state index in [1.165, 1.54) is 0 Å². The minimum absolute atomic E-state index is 0.158. The maximum Gasteiger partial charge on any atom is 0.315 e. The molecule has 0 saturated heterocycles. The highest BCUT2D eigenvalue weighted by atomic mass is 16.5. The van der Waals surface area contributed by atoms with Gasteiger partial charge in [0.25, 0.3) is 0 Å². The predicted octanol–water partition coefficient (Wildman–Crippen LogP) is 2.54. The van der Waals surface area contributed by atoms with Crippen molar-refractivity contribution in [3.8, 4) is 0 Å². The molecule has 0 unspecified atom stereocenters. The molecule has 0 amide bonds. The lowest BCUT2D eigenvalue weighted by Gasteiger charge is -2.17. The Morgan fingerprint density at radius 1 is 1.42 bits per heavy atom. The fourth-order valence-corrected chi connectivity index (χ4v) is 0.798. The molecule has 0 bridgehead atoms. The second-order valence-electron chi connectivity index (χ2n) is 3.25. The minimum atomic E-state index is -0.480. The molecule has 2 nitrogen and oxygen atoms in total. The minimum Gasteiger partial charge on any atom is -0.465 e. The summed E-state index contributed by atoms with van der Waals surface area (Å²) in [6, 6.07) is 0. The molecule has 0 aliphatic heterocycles. The van der Waals surface area contributed by atoms with Crippen molar-refractivity contribution in [3.63, 3.8) is 0 Å². The largest absolute Gasteiger partial charge is 0.465 e. The van der Waals surface area contributed by atoms with E-state index in [0.29, 0.717) is 6.61 Å². The van der Waals surface area contributed by atoms with Crippen LogP contribution in [0.15, 0.2) is 12.2 Å². The van der Waals surface area contributed by atoms with E-state index in [1.807, 2.05) is 39.8 Å². The molecule has 0 heterocycles. The lowest BCUT2D eigenvalue weighted by atomic mass is 9.93. The lowest BCUT2D eigenvalue weighted by Crippen LogP contribution is -2.24. The number of esters is 1. The predicted molar refractivity (Wildman–Crippen MR) is 49.8 cm³/mol. The lowest BCUT2D eigenvalue weighted by molar-refractivity contribution is -0.150. The normalized spacial score (nSPS) is 12.0. The highest BCUT2D eigenvalue weighted by Gasteiger charge is 2.25. The van der Waals surface area contributed by atoms with Crippen LogP contribution in [-0.4, -0.2) is 12.6 Å². The molecule has 0 fully saturated rings. The maximum absolute atomic E-state index is 11.3. The molecule has 0 radical (unpaired) electrons. The van der Waals surface area contributed by atoms with Gasteiger partial charge in [0, 0.05) is 0 Å². The number of carbonyl (C=O) groups is 1. The van der Waals surface area contributed by atoms with Crippen LogP contribution >= 0.6 is 0 Å². The van der Waals surface area contributed by atoms with Crippen LogP contribution in [0.1, 0.15) is 34.1 Å². The van der Waals surface area contributed by atoms with E-state index in [2.05, 4.69) is 0 Å². The average Bonchev–Trinajstić information content (AvgIpc) is 2.01. The van der Waals surface area contributed by atoms with Crippen LogP contribution < -0.4 is 0 Å². The van der Waals surface area contributed by atoms with Crippen molar-refractivity contribution >= 4 is 5.97 Å². The number of allylic oxidation sites excluding steroid dienone is 1. The molecule has 0 aromatic rings. The van der Waals surface area contributed by atoms with Crippen molar-refractivity contribution in [2.45, 2.75) is 34.1 Å². The van der Waals surface area contributed by atoms with Crippen LogP contribution in [0.25, 0.3) is 0 Å². The molecular weight excluding hydrogens is 152 g/mol. The van der Waals surface area contributed by atoms with Crippen LogP contribution in [0, 0.1) is 5.41 Å². The van der Waals surface area contributed by atoms with Crippen molar-refractivity contribution in [1.29, 1.82) is 0 Å². The Labute approximate surface area is 74.6 Å². The number of rotatable bonds is 4. The summed E-state index contributed by atoms with van der Waals surface area (Å²) in [5.41, 5.74) is -0.480. The van der Waals surface area contributed by atoms with Gasteiger partial charge in [-0.15, -0.1) is 0 Å². The van der Waals surface area contributed by atoms with E-state index < -0.39 is 5.41 Å². The summed E-state index contributed by atoms with van der Waals surface area (Å²) in [4.78, 5) is 11.3. The zero-order valence-corrected chi connectivity index (χ0v) is 8.39. The van der Waals surface area contributed by atoms with Gasteiger partial charge >= 0.3 is 5.97 Å². The summed E-state index contributed by atoms with van der Waals surface area (Å²) in [5.74, 6) is -0.158. The second kappa shape index (κ2) is 4.96. The van der Waals surface area contributed by atoms with E-state index >= 15 is 0 Å². The van der Waals surface area contributed by atoms with Crippen LogP contribution in [-0.2, 0) is 9.53 Å². The van der Waals surface area contributed by atoms with E-state index in [1.54, 1.807) is 0 Å². The first-order valence-corrected chi connectivity index (χ1v) is 4.39. The number of ether oxygens (including phenoxy) is 1. The van der Waals surface area contributed by atoms with E-state index in [9.17, 15) is 4.79 Å². The van der Waals surface area contributed by atoms with Gasteiger partial charge in [0.05, 0.1) is 12.0 Å². The molecule has 0 aromatic carbocycles.